The van der Waals surface area contributed by atoms with Gasteiger partial charge in [0.15, 0.2) is 0 Å². The topological polar surface area (TPSA) is 49.9 Å². The van der Waals surface area contributed by atoms with Crippen molar-refractivity contribution in [2.45, 2.75) is 65.0 Å². The van der Waals surface area contributed by atoms with E-state index < -0.39 is 0 Å². The predicted octanol–water partition coefficient (Wildman–Crippen LogP) is 2.78. The van der Waals surface area contributed by atoms with Crippen molar-refractivity contribution in [2.24, 2.45) is 11.3 Å². The molecule has 0 bridgehead atoms. The molecule has 2 amide bonds. The molecule has 148 valence electrons. The van der Waals surface area contributed by atoms with Gasteiger partial charge in [0.25, 0.3) is 0 Å². The SMILES string of the molecule is CC(C)(C)C(=O)N1CCC(C(=O)N(CC2CCCO2)C2CCSC2)CC1. The van der Waals surface area contributed by atoms with Gasteiger partial charge in [-0.2, -0.15) is 11.8 Å². The number of amides is 2. The third-order valence-electron chi connectivity index (χ3n) is 5.83. The van der Waals surface area contributed by atoms with Gasteiger partial charge in [-0.15, -0.1) is 0 Å². The molecule has 0 saturated carbocycles. The fraction of sp³-hybridized carbons (Fsp3) is 0.900. The van der Waals surface area contributed by atoms with Crippen molar-refractivity contribution in [3.05, 3.63) is 0 Å². The summed E-state index contributed by atoms with van der Waals surface area (Å²) in [7, 11) is 0. The number of rotatable bonds is 4. The molecule has 3 saturated heterocycles. The van der Waals surface area contributed by atoms with E-state index in [0.29, 0.717) is 25.0 Å². The highest BCUT2D eigenvalue weighted by atomic mass is 32.2. The van der Waals surface area contributed by atoms with Crippen LogP contribution in [0.3, 0.4) is 0 Å². The zero-order chi connectivity index (χ0) is 18.7. The van der Waals surface area contributed by atoms with Crippen molar-refractivity contribution >= 4 is 23.6 Å². The molecule has 3 heterocycles. The molecule has 26 heavy (non-hydrogen) atoms. The molecule has 3 aliphatic heterocycles. The van der Waals surface area contributed by atoms with E-state index in [4.69, 9.17) is 4.74 Å². The number of carbonyl (C=O) groups is 2. The maximum absolute atomic E-state index is 13.3. The van der Waals surface area contributed by atoms with Crippen LogP contribution in [0.2, 0.25) is 0 Å². The second kappa shape index (κ2) is 8.51. The van der Waals surface area contributed by atoms with Gasteiger partial charge < -0.3 is 14.5 Å². The van der Waals surface area contributed by atoms with Crippen LogP contribution < -0.4 is 0 Å². The van der Waals surface area contributed by atoms with Crippen molar-refractivity contribution in [3.8, 4) is 0 Å². The lowest BCUT2D eigenvalue weighted by atomic mass is 9.90. The summed E-state index contributed by atoms with van der Waals surface area (Å²) in [6.07, 6.45) is 5.09. The van der Waals surface area contributed by atoms with Crippen LogP contribution >= 0.6 is 11.8 Å². The van der Waals surface area contributed by atoms with E-state index in [1.807, 2.05) is 37.4 Å². The lowest BCUT2D eigenvalue weighted by Crippen LogP contribution is -2.51. The Balaban J connectivity index is 1.59. The average molecular weight is 383 g/mol. The Hall–Kier alpha value is -0.750. The van der Waals surface area contributed by atoms with E-state index in [1.165, 1.54) is 0 Å². The number of carbonyl (C=O) groups excluding carboxylic acids is 2. The van der Waals surface area contributed by atoms with E-state index in [2.05, 4.69) is 4.90 Å². The second-order valence-corrected chi connectivity index (χ2v) is 10.1. The van der Waals surface area contributed by atoms with Crippen molar-refractivity contribution in [1.82, 2.24) is 9.80 Å². The first-order chi connectivity index (χ1) is 12.4. The predicted molar refractivity (Wildman–Crippen MR) is 105 cm³/mol. The molecule has 6 heteroatoms. The quantitative estimate of drug-likeness (QED) is 0.750. The van der Waals surface area contributed by atoms with Crippen molar-refractivity contribution in [2.75, 3.05) is 37.7 Å². The zero-order valence-corrected chi connectivity index (χ0v) is 17.4. The second-order valence-electron chi connectivity index (χ2n) is 8.96. The first-order valence-electron chi connectivity index (χ1n) is 10.2. The minimum Gasteiger partial charge on any atom is -0.376 e. The third-order valence-corrected chi connectivity index (χ3v) is 6.97. The minimum absolute atomic E-state index is 0.0611. The number of piperidine rings is 1. The van der Waals surface area contributed by atoms with Crippen LogP contribution in [0, 0.1) is 11.3 Å². The lowest BCUT2D eigenvalue weighted by Gasteiger charge is -2.38. The lowest BCUT2D eigenvalue weighted by molar-refractivity contribution is -0.146. The van der Waals surface area contributed by atoms with Crippen LogP contribution in [0.15, 0.2) is 0 Å². The van der Waals surface area contributed by atoms with Crippen molar-refractivity contribution in [3.63, 3.8) is 0 Å². The molecule has 0 aromatic rings. The minimum atomic E-state index is -0.343. The molecule has 0 N–H and O–H groups in total. The molecule has 3 fully saturated rings. The maximum atomic E-state index is 13.3. The first kappa shape index (κ1) is 20.0. The van der Waals surface area contributed by atoms with Gasteiger partial charge in [0, 0.05) is 49.4 Å². The molecule has 0 aliphatic carbocycles. The highest BCUT2D eigenvalue weighted by Crippen LogP contribution is 2.29. The highest BCUT2D eigenvalue weighted by Gasteiger charge is 2.37. The van der Waals surface area contributed by atoms with Crippen LogP contribution in [-0.2, 0) is 14.3 Å². The van der Waals surface area contributed by atoms with Crippen molar-refractivity contribution in [1.29, 1.82) is 0 Å². The smallest absolute Gasteiger partial charge is 0.227 e. The van der Waals surface area contributed by atoms with Gasteiger partial charge in [-0.25, -0.2) is 0 Å². The number of ether oxygens (including phenoxy) is 1. The fourth-order valence-electron chi connectivity index (χ4n) is 4.23. The molecule has 2 unspecified atom stereocenters. The van der Waals surface area contributed by atoms with Gasteiger partial charge >= 0.3 is 0 Å². The Kier molecular flexibility index (Phi) is 6.54. The van der Waals surface area contributed by atoms with Crippen molar-refractivity contribution < 1.29 is 14.3 Å². The van der Waals surface area contributed by atoms with E-state index in [9.17, 15) is 9.59 Å². The summed E-state index contributed by atoms with van der Waals surface area (Å²) in [5.74, 6) is 2.77. The van der Waals surface area contributed by atoms with Crippen LogP contribution in [0.5, 0.6) is 0 Å². The number of thioether (sulfide) groups is 1. The molecule has 0 aromatic heterocycles. The summed E-state index contributed by atoms with van der Waals surface area (Å²) in [6.45, 7) is 8.90. The molecular formula is C20H34N2O3S. The summed E-state index contributed by atoms with van der Waals surface area (Å²) in [4.78, 5) is 29.9. The van der Waals surface area contributed by atoms with Crippen LogP contribution in [-0.4, -0.2) is 71.5 Å². The van der Waals surface area contributed by atoms with E-state index in [-0.39, 0.29) is 23.3 Å². The average Bonchev–Trinajstić information content (AvgIpc) is 3.31. The van der Waals surface area contributed by atoms with Crippen LogP contribution in [0.25, 0.3) is 0 Å². The Morgan fingerprint density at radius 2 is 1.88 bits per heavy atom. The zero-order valence-electron chi connectivity index (χ0n) is 16.5. The molecule has 2 atom stereocenters. The van der Waals surface area contributed by atoms with E-state index in [1.54, 1.807) is 0 Å². The fourth-order valence-corrected chi connectivity index (χ4v) is 5.46. The molecule has 0 spiro atoms. The summed E-state index contributed by atoms with van der Waals surface area (Å²) in [5.41, 5.74) is -0.343. The van der Waals surface area contributed by atoms with Crippen LogP contribution in [0.1, 0.15) is 52.9 Å². The summed E-state index contributed by atoms with van der Waals surface area (Å²) >= 11 is 1.95. The molecule has 5 nitrogen and oxygen atoms in total. The Morgan fingerprint density at radius 3 is 2.42 bits per heavy atom. The van der Waals surface area contributed by atoms with Gasteiger partial charge in [0.2, 0.25) is 11.8 Å². The van der Waals surface area contributed by atoms with Crippen LogP contribution in [0.4, 0.5) is 0 Å². The Morgan fingerprint density at radius 1 is 1.15 bits per heavy atom. The van der Waals surface area contributed by atoms with Gasteiger partial charge in [-0.05, 0) is 37.9 Å². The molecular weight excluding hydrogens is 348 g/mol. The van der Waals surface area contributed by atoms with Gasteiger partial charge in [-0.1, -0.05) is 20.8 Å². The summed E-state index contributed by atoms with van der Waals surface area (Å²) in [5, 5.41) is 0. The third kappa shape index (κ3) is 4.75. The number of nitrogens with zero attached hydrogens (tertiary/aromatic N) is 2. The molecule has 0 aromatic carbocycles. The van der Waals surface area contributed by atoms with Gasteiger partial charge in [-0.3, -0.25) is 9.59 Å². The van der Waals surface area contributed by atoms with E-state index >= 15 is 0 Å². The molecule has 3 rings (SSSR count). The van der Waals surface area contributed by atoms with E-state index in [0.717, 1.165) is 56.8 Å². The maximum Gasteiger partial charge on any atom is 0.227 e. The number of hydrogen-bond acceptors (Lipinski definition) is 4. The first-order valence-corrected chi connectivity index (χ1v) is 11.3. The number of likely N-dealkylation sites (tertiary alicyclic amines) is 1. The monoisotopic (exact) mass is 382 g/mol. The normalized spacial score (nSPS) is 27.7. The number of hydrogen-bond donors (Lipinski definition) is 0. The standard InChI is InChI=1S/C20H34N2O3S/c1-20(2,3)19(24)21-9-6-15(7-10-21)18(23)22(16-8-12-26-14-16)13-17-5-4-11-25-17/h15-17H,4-14H2,1-3H3. The Bertz CT molecular complexity index is 500. The van der Waals surface area contributed by atoms with Gasteiger partial charge in [0.05, 0.1) is 6.10 Å². The highest BCUT2D eigenvalue weighted by molar-refractivity contribution is 7.99. The molecule has 0 radical (unpaired) electrons. The largest absolute Gasteiger partial charge is 0.376 e. The molecule has 3 aliphatic rings. The summed E-state index contributed by atoms with van der Waals surface area (Å²) < 4.78 is 5.81. The Labute approximate surface area is 162 Å². The summed E-state index contributed by atoms with van der Waals surface area (Å²) in [6, 6.07) is 0.367. The van der Waals surface area contributed by atoms with Gasteiger partial charge in [0.1, 0.15) is 0 Å².